The first-order valence-electron chi connectivity index (χ1n) is 7.59. The molecule has 1 aliphatic rings. The van der Waals surface area contributed by atoms with Gasteiger partial charge >= 0.3 is 0 Å². The van der Waals surface area contributed by atoms with E-state index in [1.54, 1.807) is 12.1 Å². The molecule has 1 heterocycles. The van der Waals surface area contributed by atoms with Gasteiger partial charge in [-0.05, 0) is 43.8 Å². The predicted octanol–water partition coefficient (Wildman–Crippen LogP) is 2.47. The lowest BCUT2D eigenvalue weighted by atomic mass is 10.1. The van der Waals surface area contributed by atoms with Gasteiger partial charge in [0.2, 0.25) is 0 Å². The van der Waals surface area contributed by atoms with Gasteiger partial charge in [-0.25, -0.2) is 4.39 Å². The quantitative estimate of drug-likeness (QED) is 0.893. The first-order chi connectivity index (χ1) is 9.63. The summed E-state index contributed by atoms with van der Waals surface area (Å²) >= 11 is 0. The highest BCUT2D eigenvalue weighted by atomic mass is 19.1. The van der Waals surface area contributed by atoms with Gasteiger partial charge in [-0.3, -0.25) is 4.90 Å². The second kappa shape index (κ2) is 7.04. The first-order valence-corrected chi connectivity index (χ1v) is 7.59. The molecule has 1 saturated heterocycles. The molecule has 1 unspecified atom stereocenters. The molecule has 1 atom stereocenters. The van der Waals surface area contributed by atoms with Crippen LogP contribution in [0.5, 0.6) is 0 Å². The Kier molecular flexibility index (Phi) is 5.38. The molecule has 20 heavy (non-hydrogen) atoms. The van der Waals surface area contributed by atoms with Gasteiger partial charge in [0.05, 0.1) is 0 Å². The Morgan fingerprint density at radius 3 is 2.75 bits per heavy atom. The average Bonchev–Trinajstić information content (AvgIpc) is 2.45. The van der Waals surface area contributed by atoms with Crippen LogP contribution >= 0.6 is 0 Å². The number of hydrogen-bond donors (Lipinski definition) is 1. The number of anilines is 1. The lowest BCUT2D eigenvalue weighted by Crippen LogP contribution is -2.51. The maximum absolute atomic E-state index is 13.8. The van der Waals surface area contributed by atoms with Crippen LogP contribution in [0.3, 0.4) is 0 Å². The van der Waals surface area contributed by atoms with Gasteiger partial charge in [0.25, 0.3) is 0 Å². The zero-order valence-corrected chi connectivity index (χ0v) is 12.8. The maximum Gasteiger partial charge on any atom is 0.125 e. The van der Waals surface area contributed by atoms with Crippen molar-refractivity contribution in [3.63, 3.8) is 0 Å². The molecule has 0 amide bonds. The molecule has 0 radical (unpaired) electrons. The summed E-state index contributed by atoms with van der Waals surface area (Å²) in [7, 11) is 2.17. The number of nitrogens with zero attached hydrogens (tertiary/aromatic N) is 2. The molecule has 0 bridgehead atoms. The Hall–Kier alpha value is -1.13. The zero-order valence-electron chi connectivity index (χ0n) is 12.8. The van der Waals surface area contributed by atoms with Crippen LogP contribution < -0.4 is 10.2 Å². The van der Waals surface area contributed by atoms with E-state index in [-0.39, 0.29) is 5.82 Å². The van der Waals surface area contributed by atoms with Crippen molar-refractivity contribution in [1.29, 1.82) is 0 Å². The summed E-state index contributed by atoms with van der Waals surface area (Å²) in [5, 5.41) is 3.26. The first kappa shape index (κ1) is 15.3. The van der Waals surface area contributed by atoms with E-state index in [0.29, 0.717) is 6.04 Å². The third kappa shape index (κ3) is 3.70. The SMILES string of the molecule is CCNCc1cc(F)cc(N2CCN(C)C(CC)C2)c1. The number of likely N-dealkylation sites (N-methyl/N-ethyl adjacent to an activating group) is 1. The topological polar surface area (TPSA) is 18.5 Å². The Morgan fingerprint density at radius 1 is 1.25 bits per heavy atom. The maximum atomic E-state index is 13.8. The van der Waals surface area contributed by atoms with Crippen molar-refractivity contribution in [2.24, 2.45) is 0 Å². The molecule has 112 valence electrons. The molecule has 0 aliphatic carbocycles. The Balaban J connectivity index is 2.13. The predicted molar refractivity (Wildman–Crippen MR) is 82.7 cm³/mol. The number of hydrogen-bond acceptors (Lipinski definition) is 3. The van der Waals surface area contributed by atoms with E-state index < -0.39 is 0 Å². The summed E-state index contributed by atoms with van der Waals surface area (Å²) in [6.45, 7) is 8.90. The number of nitrogens with one attached hydrogen (secondary N) is 1. The number of halogens is 1. The lowest BCUT2D eigenvalue weighted by molar-refractivity contribution is 0.213. The van der Waals surface area contributed by atoms with E-state index in [1.807, 2.05) is 0 Å². The number of piperazine rings is 1. The molecule has 1 fully saturated rings. The van der Waals surface area contributed by atoms with Gasteiger partial charge in [0, 0.05) is 37.9 Å². The van der Waals surface area contributed by atoms with Crippen molar-refractivity contribution >= 4 is 5.69 Å². The highest BCUT2D eigenvalue weighted by molar-refractivity contribution is 5.49. The molecular weight excluding hydrogens is 253 g/mol. The molecule has 1 aromatic rings. The standard InChI is InChI=1S/C16H26FN3/c1-4-15-12-20(7-6-19(15)3)16-9-13(11-18-5-2)8-14(17)10-16/h8-10,15,18H,4-7,11-12H2,1-3H3. The van der Waals surface area contributed by atoms with Gasteiger partial charge in [-0.1, -0.05) is 13.8 Å². The molecule has 1 aromatic carbocycles. The fraction of sp³-hybridized carbons (Fsp3) is 0.625. The summed E-state index contributed by atoms with van der Waals surface area (Å²) < 4.78 is 13.8. The van der Waals surface area contributed by atoms with Crippen molar-refractivity contribution in [2.45, 2.75) is 32.9 Å². The smallest absolute Gasteiger partial charge is 0.125 e. The van der Waals surface area contributed by atoms with Crippen molar-refractivity contribution in [2.75, 3.05) is 38.1 Å². The van der Waals surface area contributed by atoms with Gasteiger partial charge in [0.15, 0.2) is 0 Å². The van der Waals surface area contributed by atoms with Crippen molar-refractivity contribution in [1.82, 2.24) is 10.2 Å². The monoisotopic (exact) mass is 279 g/mol. The van der Waals surface area contributed by atoms with Gasteiger partial charge in [-0.2, -0.15) is 0 Å². The van der Waals surface area contributed by atoms with Crippen LogP contribution in [0, 0.1) is 5.82 Å². The number of rotatable bonds is 5. The van der Waals surface area contributed by atoms with Crippen molar-refractivity contribution < 1.29 is 4.39 Å². The van der Waals surface area contributed by atoms with E-state index in [9.17, 15) is 4.39 Å². The van der Waals surface area contributed by atoms with Crippen LogP contribution in [0.25, 0.3) is 0 Å². The minimum absolute atomic E-state index is 0.137. The van der Waals surface area contributed by atoms with E-state index >= 15 is 0 Å². The highest BCUT2D eigenvalue weighted by Gasteiger charge is 2.23. The molecule has 3 nitrogen and oxygen atoms in total. The molecule has 0 spiro atoms. The van der Waals surface area contributed by atoms with Gasteiger partial charge in [0.1, 0.15) is 5.82 Å². The third-order valence-corrected chi connectivity index (χ3v) is 4.13. The summed E-state index contributed by atoms with van der Waals surface area (Å²) in [5.41, 5.74) is 2.04. The van der Waals surface area contributed by atoms with Crippen LogP contribution in [-0.2, 0) is 6.54 Å². The fourth-order valence-corrected chi connectivity index (χ4v) is 2.81. The minimum Gasteiger partial charge on any atom is -0.369 e. The van der Waals surface area contributed by atoms with E-state index in [4.69, 9.17) is 0 Å². The largest absolute Gasteiger partial charge is 0.369 e. The molecule has 2 rings (SSSR count). The molecule has 1 N–H and O–H groups in total. The Bertz CT molecular complexity index is 436. The van der Waals surface area contributed by atoms with E-state index in [1.165, 1.54) is 0 Å². The Morgan fingerprint density at radius 2 is 2.05 bits per heavy atom. The summed E-state index contributed by atoms with van der Waals surface area (Å²) in [5.74, 6) is -0.137. The van der Waals surface area contributed by atoms with E-state index in [2.05, 4.69) is 42.1 Å². The minimum atomic E-state index is -0.137. The molecule has 0 aromatic heterocycles. The van der Waals surface area contributed by atoms with Crippen LogP contribution in [0.15, 0.2) is 18.2 Å². The van der Waals surface area contributed by atoms with Crippen LogP contribution in [0.4, 0.5) is 10.1 Å². The fourth-order valence-electron chi connectivity index (χ4n) is 2.81. The van der Waals surface area contributed by atoms with Crippen LogP contribution in [-0.4, -0.2) is 44.2 Å². The summed E-state index contributed by atoms with van der Waals surface area (Å²) in [6, 6.07) is 5.96. The van der Waals surface area contributed by atoms with Gasteiger partial charge in [-0.15, -0.1) is 0 Å². The normalized spacial score (nSPS) is 20.4. The molecule has 4 heteroatoms. The van der Waals surface area contributed by atoms with Crippen LogP contribution in [0.2, 0.25) is 0 Å². The molecule has 0 saturated carbocycles. The highest BCUT2D eigenvalue weighted by Crippen LogP contribution is 2.22. The van der Waals surface area contributed by atoms with Crippen molar-refractivity contribution in [3.05, 3.63) is 29.6 Å². The summed E-state index contributed by atoms with van der Waals surface area (Å²) in [6.07, 6.45) is 1.13. The molecule has 1 aliphatic heterocycles. The van der Waals surface area contributed by atoms with Crippen molar-refractivity contribution in [3.8, 4) is 0 Å². The second-order valence-corrected chi connectivity index (χ2v) is 5.59. The zero-order chi connectivity index (χ0) is 14.5. The second-order valence-electron chi connectivity index (χ2n) is 5.59. The summed E-state index contributed by atoms with van der Waals surface area (Å²) in [4.78, 5) is 4.71. The van der Waals surface area contributed by atoms with E-state index in [0.717, 1.165) is 50.4 Å². The lowest BCUT2D eigenvalue weighted by Gasteiger charge is -2.40. The average molecular weight is 279 g/mol. The molecular formula is C16H26FN3. The van der Waals surface area contributed by atoms with Gasteiger partial charge < -0.3 is 10.2 Å². The van der Waals surface area contributed by atoms with Crippen LogP contribution in [0.1, 0.15) is 25.8 Å². The third-order valence-electron chi connectivity index (χ3n) is 4.13. The Labute approximate surface area is 121 Å². The number of benzene rings is 1.